The van der Waals surface area contributed by atoms with Crippen LogP contribution in [0, 0.1) is 20.8 Å². The first kappa shape index (κ1) is 29.1. The number of nitrogens with one attached hydrogen (secondary N) is 1. The third-order valence-corrected chi connectivity index (χ3v) is 8.33. The molecule has 7 heteroatoms. The number of anilines is 1. The van der Waals surface area contributed by atoms with Crippen LogP contribution in [0.5, 0.6) is 0 Å². The molecule has 2 aromatic carbocycles. The van der Waals surface area contributed by atoms with Gasteiger partial charge in [-0.15, -0.1) is 23.5 Å². The average Bonchev–Trinajstić information content (AvgIpc) is 3.28. The Hall–Kier alpha value is -2.90. The zero-order valence-corrected chi connectivity index (χ0v) is 25.5. The van der Waals surface area contributed by atoms with Gasteiger partial charge in [0.1, 0.15) is 16.4 Å². The second-order valence-electron chi connectivity index (χ2n) is 10.0. The van der Waals surface area contributed by atoms with Gasteiger partial charge in [0.05, 0.1) is 12.2 Å². The number of carbonyl (C=O) groups excluding carboxylic acids is 1. The van der Waals surface area contributed by atoms with Gasteiger partial charge >= 0.3 is 6.03 Å². The Morgan fingerprint density at radius 3 is 2.38 bits per heavy atom. The number of aryl methyl sites for hydroxylation is 3. The number of fused-ring (bicyclic) bond motifs is 1. The summed E-state index contributed by atoms with van der Waals surface area (Å²) in [5.74, 6) is 0.808. The van der Waals surface area contributed by atoms with Gasteiger partial charge in [-0.05, 0) is 63.5 Å². The van der Waals surface area contributed by atoms with Crippen molar-refractivity contribution in [2.24, 2.45) is 0 Å². The molecule has 39 heavy (non-hydrogen) atoms. The monoisotopic (exact) mass is 561 g/mol. The van der Waals surface area contributed by atoms with E-state index < -0.39 is 0 Å². The van der Waals surface area contributed by atoms with E-state index in [-0.39, 0.29) is 6.03 Å². The topological polar surface area (TPSA) is 58.4 Å². The van der Waals surface area contributed by atoms with Crippen LogP contribution in [0.1, 0.15) is 55.2 Å². The molecule has 5 nitrogen and oxygen atoms in total. The molecule has 0 aliphatic heterocycles. The van der Waals surface area contributed by atoms with E-state index in [9.17, 15) is 4.79 Å². The standard InChI is InChI=1S/C32H39N3O2S2/c1-7-8-9-10-17-35(32(36)34-30-28(38-5)19-23(4)33-31(30)39-6)20-27-29(24-14-11-21(2)12-15-24)25-18-22(3)13-16-26(25)37-27/h11-16,18-19H,7-10,17,20H2,1-6H3,(H,34,36). The van der Waals surface area contributed by atoms with Crippen molar-refractivity contribution >= 4 is 46.2 Å². The van der Waals surface area contributed by atoms with Crippen molar-refractivity contribution in [2.45, 2.75) is 69.8 Å². The molecular weight excluding hydrogens is 523 g/mol. The van der Waals surface area contributed by atoms with Crippen LogP contribution in [0.15, 0.2) is 62.9 Å². The van der Waals surface area contributed by atoms with E-state index >= 15 is 0 Å². The smallest absolute Gasteiger partial charge is 0.322 e. The lowest BCUT2D eigenvalue weighted by Crippen LogP contribution is -2.35. The van der Waals surface area contributed by atoms with Crippen molar-refractivity contribution in [3.8, 4) is 11.1 Å². The van der Waals surface area contributed by atoms with Crippen LogP contribution < -0.4 is 5.32 Å². The summed E-state index contributed by atoms with van der Waals surface area (Å²) in [6, 6.07) is 16.7. The van der Waals surface area contributed by atoms with Crippen molar-refractivity contribution in [3.63, 3.8) is 0 Å². The molecule has 0 saturated heterocycles. The summed E-state index contributed by atoms with van der Waals surface area (Å²) in [5.41, 5.74) is 7.12. The fourth-order valence-electron chi connectivity index (χ4n) is 4.79. The van der Waals surface area contributed by atoms with Gasteiger partial charge in [0.25, 0.3) is 0 Å². The van der Waals surface area contributed by atoms with Gasteiger partial charge in [0, 0.05) is 28.1 Å². The minimum absolute atomic E-state index is 0.130. The SMILES string of the molecule is CCCCCCN(Cc1oc2ccc(C)cc2c1-c1ccc(C)cc1)C(=O)Nc1c(SC)cc(C)nc1SC. The molecule has 0 fully saturated rings. The molecule has 0 bridgehead atoms. The summed E-state index contributed by atoms with van der Waals surface area (Å²) in [5, 5.41) is 5.13. The first-order chi connectivity index (χ1) is 18.8. The van der Waals surface area contributed by atoms with Crippen LogP contribution >= 0.6 is 23.5 Å². The highest BCUT2D eigenvalue weighted by atomic mass is 32.2. The van der Waals surface area contributed by atoms with E-state index in [0.29, 0.717) is 13.1 Å². The third-order valence-electron chi connectivity index (χ3n) is 6.88. The molecule has 206 valence electrons. The van der Waals surface area contributed by atoms with Gasteiger partial charge in [-0.25, -0.2) is 9.78 Å². The first-order valence-electron chi connectivity index (χ1n) is 13.6. The Labute approximate surface area is 241 Å². The van der Waals surface area contributed by atoms with E-state index in [2.05, 4.69) is 67.5 Å². The predicted molar refractivity (Wildman–Crippen MR) is 167 cm³/mol. The molecule has 1 N–H and O–H groups in total. The molecule has 0 saturated carbocycles. The number of nitrogens with zero attached hydrogens (tertiary/aromatic N) is 2. The van der Waals surface area contributed by atoms with Crippen LogP contribution in [0.3, 0.4) is 0 Å². The predicted octanol–water partition coefficient (Wildman–Crippen LogP) is 9.48. The Bertz CT molecular complexity index is 1400. The molecule has 2 heterocycles. The van der Waals surface area contributed by atoms with E-state index in [4.69, 9.17) is 4.42 Å². The minimum Gasteiger partial charge on any atom is -0.459 e. The molecule has 0 radical (unpaired) electrons. The summed E-state index contributed by atoms with van der Waals surface area (Å²) in [7, 11) is 0. The van der Waals surface area contributed by atoms with Crippen molar-refractivity contribution < 1.29 is 9.21 Å². The molecular formula is C32H39N3O2S2. The molecule has 2 amide bonds. The quantitative estimate of drug-likeness (QED) is 0.146. The van der Waals surface area contributed by atoms with E-state index in [1.165, 1.54) is 11.1 Å². The summed E-state index contributed by atoms with van der Waals surface area (Å²) in [6.07, 6.45) is 8.36. The maximum Gasteiger partial charge on any atom is 0.322 e. The number of hydrogen-bond donors (Lipinski definition) is 1. The maximum atomic E-state index is 13.9. The number of furan rings is 1. The van der Waals surface area contributed by atoms with E-state index in [0.717, 1.165) is 74.8 Å². The van der Waals surface area contributed by atoms with Crippen LogP contribution in [0.4, 0.5) is 10.5 Å². The number of urea groups is 1. The number of hydrogen-bond acceptors (Lipinski definition) is 5. The number of pyridine rings is 1. The molecule has 0 aliphatic carbocycles. The number of rotatable bonds is 11. The Morgan fingerprint density at radius 1 is 0.949 bits per heavy atom. The normalized spacial score (nSPS) is 11.2. The maximum absolute atomic E-state index is 13.9. The summed E-state index contributed by atoms with van der Waals surface area (Å²) < 4.78 is 6.46. The van der Waals surface area contributed by atoms with Gasteiger partial charge in [-0.2, -0.15) is 0 Å². The van der Waals surface area contributed by atoms with Crippen molar-refractivity contribution in [1.82, 2.24) is 9.88 Å². The average molecular weight is 562 g/mol. The number of thioether (sulfide) groups is 2. The number of aromatic nitrogens is 1. The van der Waals surface area contributed by atoms with Crippen LogP contribution in [-0.4, -0.2) is 35.0 Å². The van der Waals surface area contributed by atoms with E-state index in [1.54, 1.807) is 23.5 Å². The van der Waals surface area contributed by atoms with Crippen LogP contribution in [-0.2, 0) is 6.54 Å². The van der Waals surface area contributed by atoms with E-state index in [1.807, 2.05) is 36.5 Å². The Morgan fingerprint density at radius 2 is 1.69 bits per heavy atom. The fraction of sp³-hybridized carbons (Fsp3) is 0.375. The zero-order valence-electron chi connectivity index (χ0n) is 23.9. The number of unbranched alkanes of at least 4 members (excludes halogenated alkanes) is 3. The largest absolute Gasteiger partial charge is 0.459 e. The fourth-order valence-corrected chi connectivity index (χ4v) is 6.10. The van der Waals surface area contributed by atoms with Crippen LogP contribution in [0.25, 0.3) is 22.1 Å². The molecule has 2 aromatic heterocycles. The van der Waals surface area contributed by atoms with Crippen molar-refractivity contribution in [3.05, 3.63) is 71.1 Å². The highest BCUT2D eigenvalue weighted by molar-refractivity contribution is 7.99. The summed E-state index contributed by atoms with van der Waals surface area (Å²) in [4.78, 5) is 21.5. The lowest BCUT2D eigenvalue weighted by atomic mass is 9.99. The lowest BCUT2D eigenvalue weighted by Gasteiger charge is -2.24. The molecule has 4 rings (SSSR count). The van der Waals surface area contributed by atoms with Gasteiger partial charge < -0.3 is 14.6 Å². The molecule has 0 atom stereocenters. The second kappa shape index (κ2) is 13.4. The summed E-state index contributed by atoms with van der Waals surface area (Å²) >= 11 is 3.17. The highest BCUT2D eigenvalue weighted by Crippen LogP contribution is 2.37. The van der Waals surface area contributed by atoms with Crippen molar-refractivity contribution in [1.29, 1.82) is 0 Å². The molecule has 4 aromatic rings. The van der Waals surface area contributed by atoms with Gasteiger partial charge in [-0.1, -0.05) is 67.6 Å². The second-order valence-corrected chi connectivity index (χ2v) is 11.7. The van der Waals surface area contributed by atoms with Gasteiger partial charge in [0.2, 0.25) is 0 Å². The number of amides is 2. The first-order valence-corrected chi connectivity index (χ1v) is 16.0. The number of carbonyl (C=O) groups is 1. The molecule has 0 spiro atoms. The van der Waals surface area contributed by atoms with Gasteiger partial charge in [-0.3, -0.25) is 0 Å². The summed E-state index contributed by atoms with van der Waals surface area (Å²) in [6.45, 7) is 9.42. The Balaban J connectivity index is 1.72. The minimum atomic E-state index is -0.130. The number of benzene rings is 2. The molecule has 0 unspecified atom stereocenters. The third kappa shape index (κ3) is 7.00. The zero-order chi connectivity index (χ0) is 27.9. The Kier molecular flexibility index (Phi) is 10.0. The highest BCUT2D eigenvalue weighted by Gasteiger charge is 2.23. The van der Waals surface area contributed by atoms with Crippen LogP contribution in [0.2, 0.25) is 0 Å². The molecule has 0 aliphatic rings. The van der Waals surface area contributed by atoms with Crippen molar-refractivity contribution in [2.75, 3.05) is 24.4 Å². The van der Waals surface area contributed by atoms with Gasteiger partial charge in [0.15, 0.2) is 0 Å². The lowest BCUT2D eigenvalue weighted by molar-refractivity contribution is 0.203.